The summed E-state index contributed by atoms with van der Waals surface area (Å²) in [5, 5.41) is 0. The number of furan rings is 1. The fourth-order valence-corrected chi connectivity index (χ4v) is 2.52. The van der Waals surface area contributed by atoms with E-state index in [1.807, 2.05) is 31.2 Å². The molecule has 100 valence electrons. The molecule has 1 amide bonds. The molecule has 1 aromatic carbocycles. The monoisotopic (exact) mass is 385 g/mol. The van der Waals surface area contributed by atoms with E-state index < -0.39 is 0 Å². The van der Waals surface area contributed by atoms with Crippen LogP contribution in [0, 0.1) is 6.92 Å². The van der Waals surface area contributed by atoms with E-state index in [0.29, 0.717) is 12.1 Å². The molecule has 0 atom stereocenters. The molecule has 0 aliphatic carbocycles. The fourth-order valence-electron chi connectivity index (χ4n) is 1.74. The maximum atomic E-state index is 12.4. The van der Waals surface area contributed by atoms with Crippen molar-refractivity contribution in [2.24, 2.45) is 0 Å². The number of rotatable bonds is 3. The summed E-state index contributed by atoms with van der Waals surface area (Å²) in [7, 11) is 1.76. The van der Waals surface area contributed by atoms with E-state index in [0.717, 1.165) is 20.5 Å². The van der Waals surface area contributed by atoms with Crippen LogP contribution in [-0.2, 0) is 6.54 Å². The first kappa shape index (κ1) is 14.3. The summed E-state index contributed by atoms with van der Waals surface area (Å²) in [6.07, 6.45) is 0. The molecule has 0 aliphatic rings. The van der Waals surface area contributed by atoms with Crippen LogP contribution in [0.2, 0.25) is 0 Å². The van der Waals surface area contributed by atoms with Crippen LogP contribution in [0.1, 0.15) is 21.9 Å². The van der Waals surface area contributed by atoms with Crippen LogP contribution >= 0.6 is 31.9 Å². The molecule has 0 radical (unpaired) electrons. The van der Waals surface area contributed by atoms with Gasteiger partial charge in [-0.15, -0.1) is 0 Å². The van der Waals surface area contributed by atoms with Gasteiger partial charge in [-0.1, -0.05) is 15.9 Å². The van der Waals surface area contributed by atoms with Crippen LogP contribution in [0.5, 0.6) is 0 Å². The van der Waals surface area contributed by atoms with Crippen LogP contribution in [0.3, 0.4) is 0 Å². The highest BCUT2D eigenvalue weighted by Gasteiger charge is 2.16. The van der Waals surface area contributed by atoms with Crippen molar-refractivity contribution in [1.29, 1.82) is 0 Å². The zero-order chi connectivity index (χ0) is 14.0. The van der Waals surface area contributed by atoms with Crippen molar-refractivity contribution in [2.75, 3.05) is 7.05 Å². The molecular formula is C14H13Br2NO2. The molecule has 0 saturated carbocycles. The lowest BCUT2D eigenvalue weighted by Crippen LogP contribution is -2.26. The molecule has 0 bridgehead atoms. The lowest BCUT2D eigenvalue weighted by molar-refractivity contribution is 0.0774. The quantitative estimate of drug-likeness (QED) is 0.783. The van der Waals surface area contributed by atoms with E-state index in [1.54, 1.807) is 18.0 Å². The first-order chi connectivity index (χ1) is 8.97. The minimum absolute atomic E-state index is 0.0535. The molecule has 3 nitrogen and oxygen atoms in total. The summed E-state index contributed by atoms with van der Waals surface area (Å²) < 4.78 is 7.14. The Balaban J connectivity index is 2.16. The molecule has 0 spiro atoms. The third kappa shape index (κ3) is 3.48. The van der Waals surface area contributed by atoms with E-state index in [9.17, 15) is 4.79 Å². The number of carbonyl (C=O) groups excluding carboxylic acids is 1. The Morgan fingerprint density at radius 1 is 1.26 bits per heavy atom. The van der Waals surface area contributed by atoms with Gasteiger partial charge in [0, 0.05) is 16.0 Å². The zero-order valence-electron chi connectivity index (χ0n) is 10.6. The number of carbonyl (C=O) groups is 1. The SMILES string of the molecule is Cc1ccc(CN(C)C(=O)c2cc(Br)ccc2Br)o1. The molecule has 2 rings (SSSR count). The topological polar surface area (TPSA) is 33.5 Å². The highest BCUT2D eigenvalue weighted by molar-refractivity contribution is 9.11. The Kier molecular flexibility index (Phi) is 4.47. The lowest BCUT2D eigenvalue weighted by Gasteiger charge is -2.16. The first-order valence-electron chi connectivity index (χ1n) is 5.73. The highest BCUT2D eigenvalue weighted by Crippen LogP contribution is 2.23. The van der Waals surface area contributed by atoms with Gasteiger partial charge in [0.05, 0.1) is 12.1 Å². The van der Waals surface area contributed by atoms with Gasteiger partial charge in [-0.2, -0.15) is 0 Å². The van der Waals surface area contributed by atoms with Crippen LogP contribution in [0.4, 0.5) is 0 Å². The fraction of sp³-hybridized carbons (Fsp3) is 0.214. The van der Waals surface area contributed by atoms with Crippen molar-refractivity contribution in [1.82, 2.24) is 4.90 Å². The third-order valence-corrected chi connectivity index (χ3v) is 3.88. The summed E-state index contributed by atoms with van der Waals surface area (Å²) in [4.78, 5) is 14.0. The van der Waals surface area contributed by atoms with Crippen LogP contribution in [-0.4, -0.2) is 17.9 Å². The molecule has 1 heterocycles. The largest absolute Gasteiger partial charge is 0.464 e. The van der Waals surface area contributed by atoms with Crippen LogP contribution < -0.4 is 0 Å². The third-order valence-electron chi connectivity index (χ3n) is 2.69. The van der Waals surface area contributed by atoms with E-state index in [4.69, 9.17) is 4.42 Å². The van der Waals surface area contributed by atoms with Gasteiger partial charge in [0.15, 0.2) is 0 Å². The summed E-state index contributed by atoms with van der Waals surface area (Å²) in [6, 6.07) is 9.31. The highest BCUT2D eigenvalue weighted by atomic mass is 79.9. The molecule has 0 N–H and O–H groups in total. The smallest absolute Gasteiger partial charge is 0.255 e. The van der Waals surface area contributed by atoms with Gasteiger partial charge in [-0.05, 0) is 53.2 Å². The van der Waals surface area contributed by atoms with Gasteiger partial charge >= 0.3 is 0 Å². The van der Waals surface area contributed by atoms with Gasteiger partial charge in [0.1, 0.15) is 11.5 Å². The second-order valence-electron chi connectivity index (χ2n) is 4.30. The van der Waals surface area contributed by atoms with Crippen molar-refractivity contribution in [3.05, 3.63) is 56.4 Å². The Morgan fingerprint density at radius 2 is 2.00 bits per heavy atom. The Bertz CT molecular complexity index is 607. The minimum atomic E-state index is -0.0535. The van der Waals surface area contributed by atoms with E-state index in [1.165, 1.54) is 0 Å². The summed E-state index contributed by atoms with van der Waals surface area (Å²) in [5.41, 5.74) is 0.625. The van der Waals surface area contributed by atoms with E-state index in [2.05, 4.69) is 31.9 Å². The predicted molar refractivity (Wildman–Crippen MR) is 81.1 cm³/mol. The Morgan fingerprint density at radius 3 is 2.63 bits per heavy atom. The van der Waals surface area contributed by atoms with Crippen molar-refractivity contribution in [3.63, 3.8) is 0 Å². The number of benzene rings is 1. The second kappa shape index (κ2) is 5.92. The summed E-state index contributed by atoms with van der Waals surface area (Å²) >= 11 is 6.77. The normalized spacial score (nSPS) is 10.5. The van der Waals surface area contributed by atoms with Gasteiger partial charge < -0.3 is 9.32 Å². The van der Waals surface area contributed by atoms with Crippen LogP contribution in [0.25, 0.3) is 0 Å². The summed E-state index contributed by atoms with van der Waals surface area (Å²) in [5.74, 6) is 1.57. The zero-order valence-corrected chi connectivity index (χ0v) is 13.8. The average Bonchev–Trinajstić information content (AvgIpc) is 2.77. The van der Waals surface area contributed by atoms with Gasteiger partial charge in [0.25, 0.3) is 5.91 Å². The van der Waals surface area contributed by atoms with Crippen molar-refractivity contribution < 1.29 is 9.21 Å². The molecule has 19 heavy (non-hydrogen) atoms. The van der Waals surface area contributed by atoms with E-state index >= 15 is 0 Å². The Hall–Kier alpha value is -1.07. The standard InChI is InChI=1S/C14H13Br2NO2/c1-9-3-5-11(19-9)8-17(2)14(18)12-7-10(15)4-6-13(12)16/h3-7H,8H2,1-2H3. The number of amides is 1. The molecule has 2 aromatic rings. The van der Waals surface area contributed by atoms with E-state index in [-0.39, 0.29) is 5.91 Å². The number of hydrogen-bond donors (Lipinski definition) is 0. The van der Waals surface area contributed by atoms with Crippen molar-refractivity contribution in [3.8, 4) is 0 Å². The van der Waals surface area contributed by atoms with Crippen molar-refractivity contribution >= 4 is 37.8 Å². The average molecular weight is 387 g/mol. The Labute approximate surface area is 128 Å². The number of hydrogen-bond acceptors (Lipinski definition) is 2. The predicted octanol–water partition coefficient (Wildman–Crippen LogP) is 4.39. The molecule has 0 fully saturated rings. The maximum Gasteiger partial charge on any atom is 0.255 e. The minimum Gasteiger partial charge on any atom is -0.464 e. The van der Waals surface area contributed by atoms with Crippen LogP contribution in [0.15, 0.2) is 43.7 Å². The number of nitrogens with zero attached hydrogens (tertiary/aromatic N) is 1. The van der Waals surface area contributed by atoms with Gasteiger partial charge in [-0.25, -0.2) is 0 Å². The number of aryl methyl sites for hydroxylation is 1. The number of halogens is 2. The van der Waals surface area contributed by atoms with Crippen molar-refractivity contribution in [2.45, 2.75) is 13.5 Å². The second-order valence-corrected chi connectivity index (χ2v) is 6.07. The van der Waals surface area contributed by atoms with Gasteiger partial charge in [0.2, 0.25) is 0 Å². The molecule has 5 heteroatoms. The first-order valence-corrected chi connectivity index (χ1v) is 7.32. The molecule has 1 aromatic heterocycles. The summed E-state index contributed by atoms with van der Waals surface area (Å²) in [6.45, 7) is 2.34. The molecule has 0 saturated heterocycles. The lowest BCUT2D eigenvalue weighted by atomic mass is 10.2. The molecular weight excluding hydrogens is 374 g/mol. The molecule has 0 aliphatic heterocycles. The maximum absolute atomic E-state index is 12.4. The molecule has 0 unspecified atom stereocenters. The van der Waals surface area contributed by atoms with Gasteiger partial charge in [-0.3, -0.25) is 4.79 Å².